The van der Waals surface area contributed by atoms with Gasteiger partial charge in [-0.25, -0.2) is 9.59 Å². The molecular weight excluding hydrogens is 335 g/mol. The van der Waals surface area contributed by atoms with Crippen LogP contribution in [0.4, 0.5) is 0 Å². The summed E-state index contributed by atoms with van der Waals surface area (Å²) in [5.74, 6) is -1.70. The Hall–Kier alpha value is -2.02. The van der Waals surface area contributed by atoms with Gasteiger partial charge in [0, 0.05) is 0 Å². The van der Waals surface area contributed by atoms with Gasteiger partial charge in [-0.05, 0) is 36.6 Å². The Labute approximate surface area is 174 Å². The van der Waals surface area contributed by atoms with Gasteiger partial charge in [0.1, 0.15) is 0 Å². The van der Waals surface area contributed by atoms with Crippen molar-refractivity contribution in [1.82, 2.24) is 0 Å². The van der Waals surface area contributed by atoms with Gasteiger partial charge in [-0.15, -0.1) is 0 Å². The van der Waals surface area contributed by atoms with Crippen LogP contribution in [0.3, 0.4) is 0 Å². The molecule has 2 aromatic carbocycles. The monoisotopic (exact) mass is 364 g/mol. The summed E-state index contributed by atoms with van der Waals surface area (Å²) in [5.41, 5.74) is 2.53. The van der Waals surface area contributed by atoms with E-state index in [0.717, 1.165) is 24.0 Å². The van der Waals surface area contributed by atoms with E-state index in [4.69, 9.17) is 10.2 Å². The van der Waals surface area contributed by atoms with E-state index in [-0.39, 0.29) is 18.9 Å². The van der Waals surface area contributed by atoms with Crippen LogP contribution in [0.1, 0.15) is 65.5 Å². The maximum absolute atomic E-state index is 10.7. The fourth-order valence-electron chi connectivity index (χ4n) is 2.03. The molecular formula is C22H29LiO4. The topological polar surface area (TPSA) is 74.6 Å². The van der Waals surface area contributed by atoms with Crippen LogP contribution in [0.15, 0.2) is 48.5 Å². The number of carboxylic acid groups (broad SMARTS) is 2. The number of carbonyl (C=O) groups is 2. The van der Waals surface area contributed by atoms with Crippen LogP contribution < -0.4 is 18.9 Å². The summed E-state index contributed by atoms with van der Waals surface area (Å²) >= 11 is 0. The van der Waals surface area contributed by atoms with Gasteiger partial charge in [-0.2, -0.15) is 13.3 Å². The molecule has 0 radical (unpaired) electrons. The van der Waals surface area contributed by atoms with Crippen LogP contribution in [0, 0.1) is 13.3 Å². The molecule has 0 aliphatic carbocycles. The Kier molecular flexibility index (Phi) is 16.3. The number of unbranched alkanes of at least 4 members (excludes halogenated alkanes) is 1. The Morgan fingerprint density at radius 3 is 1.70 bits per heavy atom. The average molecular weight is 364 g/mol. The average Bonchev–Trinajstić information content (AvgIpc) is 2.63. The van der Waals surface area contributed by atoms with Crippen molar-refractivity contribution < 1.29 is 38.7 Å². The number of aromatic carboxylic acids is 2. The van der Waals surface area contributed by atoms with E-state index >= 15 is 0 Å². The second kappa shape index (κ2) is 16.2. The minimum absolute atomic E-state index is 0. The summed E-state index contributed by atoms with van der Waals surface area (Å²) < 4.78 is 0. The molecule has 2 rings (SSSR count). The van der Waals surface area contributed by atoms with Crippen LogP contribution in [0.5, 0.6) is 0 Å². The van der Waals surface area contributed by atoms with Gasteiger partial charge in [-0.1, -0.05) is 56.7 Å². The first-order valence-electron chi connectivity index (χ1n) is 8.76. The minimum atomic E-state index is -0.863. The molecule has 0 fully saturated rings. The summed E-state index contributed by atoms with van der Waals surface area (Å²) in [6.45, 7) is 8.00. The van der Waals surface area contributed by atoms with Crippen molar-refractivity contribution in [2.24, 2.45) is 0 Å². The van der Waals surface area contributed by atoms with Crippen molar-refractivity contribution in [1.29, 1.82) is 0 Å². The van der Waals surface area contributed by atoms with Crippen molar-refractivity contribution >= 4 is 11.9 Å². The molecule has 27 heavy (non-hydrogen) atoms. The molecule has 0 spiro atoms. The van der Waals surface area contributed by atoms with Gasteiger partial charge in [0.25, 0.3) is 0 Å². The largest absolute Gasteiger partial charge is 1.00 e. The van der Waals surface area contributed by atoms with E-state index in [2.05, 4.69) is 20.3 Å². The van der Waals surface area contributed by atoms with Crippen LogP contribution in [-0.4, -0.2) is 22.2 Å². The second-order valence-electron chi connectivity index (χ2n) is 5.65. The predicted octanol–water partition coefficient (Wildman–Crippen LogP) is 2.66. The zero-order valence-corrected chi connectivity index (χ0v) is 17.0. The molecule has 0 aliphatic heterocycles. The molecule has 2 N–H and O–H groups in total. The van der Waals surface area contributed by atoms with Crippen molar-refractivity contribution in [2.75, 3.05) is 0 Å². The molecule has 2 aromatic rings. The van der Waals surface area contributed by atoms with Gasteiger partial charge in [-0.3, -0.25) is 0 Å². The zero-order chi connectivity index (χ0) is 19.9. The first-order chi connectivity index (χ1) is 12.4. The summed E-state index contributed by atoms with van der Waals surface area (Å²) in [6.07, 6.45) is 5.13. The Morgan fingerprint density at radius 2 is 1.33 bits per heavy atom. The summed E-state index contributed by atoms with van der Waals surface area (Å²) in [5, 5.41) is 17.4. The van der Waals surface area contributed by atoms with E-state index in [1.54, 1.807) is 37.3 Å². The van der Waals surface area contributed by atoms with E-state index in [1.165, 1.54) is 6.42 Å². The standard InChI is InChI=1S/C10H12O2.C8H8O2.C4H9.Li/c1-2-5-8-6-3-4-7-9(8)10(11)12;1-6-4-2-3-5-7(6)8(9)10;1-3-4-2;/h3-4,6-7H,2,5H2,1H3,(H,11,12);2-5H,1H3,(H,9,10);3H,4H2,1-2H3;/q;;-1;+1. The number of hydrogen-bond acceptors (Lipinski definition) is 2. The van der Waals surface area contributed by atoms with Crippen molar-refractivity contribution in [3.05, 3.63) is 77.2 Å². The second-order valence-corrected chi connectivity index (χ2v) is 5.65. The molecule has 0 aliphatic rings. The molecule has 0 saturated carbocycles. The quantitative estimate of drug-likeness (QED) is 0.632. The molecule has 0 bridgehead atoms. The molecule has 5 heteroatoms. The SMILES string of the molecule is CCCc1ccccc1C(=O)O.C[CH-]CC.Cc1ccccc1C(=O)O.[Li+]. The molecule has 0 saturated heterocycles. The molecule has 0 atom stereocenters. The summed E-state index contributed by atoms with van der Waals surface area (Å²) in [7, 11) is 0. The molecule has 0 amide bonds. The van der Waals surface area contributed by atoms with Crippen LogP contribution in [0.2, 0.25) is 0 Å². The predicted molar refractivity (Wildman–Crippen MR) is 106 cm³/mol. The van der Waals surface area contributed by atoms with Gasteiger partial charge in [0.2, 0.25) is 0 Å². The fourth-order valence-corrected chi connectivity index (χ4v) is 2.03. The van der Waals surface area contributed by atoms with Gasteiger partial charge in [0.15, 0.2) is 0 Å². The number of hydrogen-bond donors (Lipinski definition) is 2. The maximum atomic E-state index is 10.7. The van der Waals surface area contributed by atoms with E-state index in [9.17, 15) is 9.59 Å². The first-order valence-corrected chi connectivity index (χ1v) is 8.76. The Balaban J connectivity index is 0. The smallest absolute Gasteiger partial charge is 0.478 e. The van der Waals surface area contributed by atoms with Gasteiger partial charge < -0.3 is 16.6 Å². The van der Waals surface area contributed by atoms with E-state index in [0.29, 0.717) is 11.1 Å². The number of aryl methyl sites for hydroxylation is 2. The molecule has 4 nitrogen and oxygen atoms in total. The summed E-state index contributed by atoms with van der Waals surface area (Å²) in [6, 6.07) is 14.1. The molecule has 0 aromatic heterocycles. The van der Waals surface area contributed by atoms with Crippen LogP contribution in [0.25, 0.3) is 0 Å². The van der Waals surface area contributed by atoms with E-state index < -0.39 is 11.9 Å². The minimum Gasteiger partial charge on any atom is -0.478 e. The van der Waals surface area contributed by atoms with Gasteiger partial charge in [0.05, 0.1) is 11.1 Å². The fraction of sp³-hybridized carbons (Fsp3) is 0.318. The molecule has 0 heterocycles. The first kappa shape index (κ1) is 27.2. The maximum Gasteiger partial charge on any atom is 1.00 e. The van der Waals surface area contributed by atoms with E-state index in [1.807, 2.05) is 25.1 Å². The van der Waals surface area contributed by atoms with Crippen molar-refractivity contribution in [2.45, 2.75) is 47.0 Å². The van der Waals surface area contributed by atoms with Crippen LogP contribution >= 0.6 is 0 Å². The Bertz CT molecular complexity index is 682. The third-order valence-corrected chi connectivity index (χ3v) is 3.55. The Morgan fingerprint density at radius 1 is 0.889 bits per heavy atom. The molecule has 0 unspecified atom stereocenters. The third kappa shape index (κ3) is 11.3. The number of carboxylic acids is 2. The summed E-state index contributed by atoms with van der Waals surface area (Å²) in [4.78, 5) is 21.1. The van der Waals surface area contributed by atoms with Crippen LogP contribution in [-0.2, 0) is 6.42 Å². The zero-order valence-electron chi connectivity index (χ0n) is 17.0. The number of rotatable bonds is 5. The third-order valence-electron chi connectivity index (χ3n) is 3.55. The number of benzene rings is 2. The van der Waals surface area contributed by atoms with Gasteiger partial charge >= 0.3 is 30.8 Å². The normalized spacial score (nSPS) is 8.89. The van der Waals surface area contributed by atoms with Crippen molar-refractivity contribution in [3.8, 4) is 0 Å². The molecule has 142 valence electrons. The van der Waals surface area contributed by atoms with Crippen molar-refractivity contribution in [3.63, 3.8) is 0 Å².